The van der Waals surface area contributed by atoms with E-state index in [0.29, 0.717) is 0 Å². The highest BCUT2D eigenvalue weighted by Crippen LogP contribution is 2.20. The van der Waals surface area contributed by atoms with E-state index >= 15 is 0 Å². The lowest BCUT2D eigenvalue weighted by molar-refractivity contribution is 0.568. The first kappa shape index (κ1) is 15.7. The molecule has 0 saturated heterocycles. The summed E-state index contributed by atoms with van der Waals surface area (Å²) >= 11 is 0. The van der Waals surface area contributed by atoms with Crippen molar-refractivity contribution in [3.8, 4) is 11.3 Å². The number of aryl methyl sites for hydroxylation is 1. The number of sulfonamides is 1. The van der Waals surface area contributed by atoms with Crippen molar-refractivity contribution >= 4 is 10.0 Å². The molecular weight excluding hydrogens is 288 g/mol. The van der Waals surface area contributed by atoms with Gasteiger partial charge in [0.05, 0.1) is 17.6 Å². The maximum atomic E-state index is 11.9. The van der Waals surface area contributed by atoms with Gasteiger partial charge in [0.15, 0.2) is 0 Å². The van der Waals surface area contributed by atoms with Crippen LogP contribution in [0.3, 0.4) is 0 Å². The zero-order valence-electron chi connectivity index (χ0n) is 12.4. The van der Waals surface area contributed by atoms with Crippen LogP contribution < -0.4 is 4.72 Å². The topological polar surface area (TPSA) is 76.9 Å². The molecule has 0 amide bonds. The Kier molecular flexibility index (Phi) is 4.74. The largest absolute Gasteiger partial charge is 0.275 e. The van der Waals surface area contributed by atoms with E-state index in [0.717, 1.165) is 16.8 Å². The molecule has 2 aromatic heterocycles. The maximum absolute atomic E-state index is 11.9. The van der Waals surface area contributed by atoms with Crippen LogP contribution in [0.2, 0.25) is 0 Å². The zero-order chi connectivity index (χ0) is 15.5. The summed E-state index contributed by atoms with van der Waals surface area (Å²) in [6.45, 7) is 3.99. The van der Waals surface area contributed by atoms with Crippen molar-refractivity contribution in [2.24, 2.45) is 13.0 Å². The van der Waals surface area contributed by atoms with E-state index in [1.54, 1.807) is 23.1 Å². The predicted octanol–water partition coefficient (Wildman–Crippen LogP) is 1.56. The van der Waals surface area contributed by atoms with E-state index < -0.39 is 10.0 Å². The van der Waals surface area contributed by atoms with Crippen LogP contribution in [0.5, 0.6) is 0 Å². The normalized spacial score (nSPS) is 12.0. The molecule has 0 aliphatic carbocycles. The lowest BCUT2D eigenvalue weighted by atomic mass is 10.1. The molecule has 0 aromatic carbocycles. The van der Waals surface area contributed by atoms with Gasteiger partial charge in [0.25, 0.3) is 0 Å². The third-order valence-electron chi connectivity index (χ3n) is 2.90. The molecule has 1 N–H and O–H groups in total. The molecule has 6 nitrogen and oxygen atoms in total. The van der Waals surface area contributed by atoms with E-state index in [9.17, 15) is 8.42 Å². The Morgan fingerprint density at radius 1 is 1.38 bits per heavy atom. The summed E-state index contributed by atoms with van der Waals surface area (Å²) in [5.41, 5.74) is 2.45. The number of nitrogens with zero attached hydrogens (tertiary/aromatic N) is 3. The Hall–Kier alpha value is -1.73. The third kappa shape index (κ3) is 4.37. The van der Waals surface area contributed by atoms with Gasteiger partial charge in [0.2, 0.25) is 10.0 Å². The van der Waals surface area contributed by atoms with Gasteiger partial charge in [-0.05, 0) is 17.5 Å². The van der Waals surface area contributed by atoms with Gasteiger partial charge in [-0.2, -0.15) is 5.10 Å². The summed E-state index contributed by atoms with van der Waals surface area (Å²) in [5.74, 6) is 0.212. The van der Waals surface area contributed by atoms with Gasteiger partial charge in [-0.1, -0.05) is 19.9 Å². The van der Waals surface area contributed by atoms with Gasteiger partial charge in [0.1, 0.15) is 0 Å². The van der Waals surface area contributed by atoms with Crippen molar-refractivity contribution in [2.45, 2.75) is 20.4 Å². The van der Waals surface area contributed by atoms with E-state index in [-0.39, 0.29) is 18.2 Å². The molecule has 21 heavy (non-hydrogen) atoms. The van der Waals surface area contributed by atoms with Gasteiger partial charge in [0, 0.05) is 31.5 Å². The monoisotopic (exact) mass is 308 g/mol. The lowest BCUT2D eigenvalue weighted by Gasteiger charge is -2.10. The van der Waals surface area contributed by atoms with Crippen LogP contribution in [0.25, 0.3) is 11.3 Å². The molecule has 0 fully saturated rings. The fraction of sp³-hybridized carbons (Fsp3) is 0.429. The molecule has 2 rings (SSSR count). The highest BCUT2D eigenvalue weighted by atomic mass is 32.2. The van der Waals surface area contributed by atoms with Crippen LogP contribution in [0.15, 0.2) is 30.7 Å². The fourth-order valence-corrected chi connectivity index (χ4v) is 3.44. The van der Waals surface area contributed by atoms with Crippen LogP contribution in [0, 0.1) is 5.92 Å². The average Bonchev–Trinajstić information content (AvgIpc) is 2.82. The molecule has 0 aliphatic heterocycles. The minimum Gasteiger partial charge on any atom is -0.275 e. The number of rotatable bonds is 6. The second kappa shape index (κ2) is 6.36. The molecule has 2 heterocycles. The summed E-state index contributed by atoms with van der Waals surface area (Å²) in [6.07, 6.45) is 5.26. The van der Waals surface area contributed by atoms with Crippen LogP contribution >= 0.6 is 0 Å². The zero-order valence-corrected chi connectivity index (χ0v) is 13.3. The van der Waals surface area contributed by atoms with Crippen molar-refractivity contribution in [3.05, 3.63) is 36.3 Å². The highest BCUT2D eigenvalue weighted by Gasteiger charge is 2.14. The smallest absolute Gasteiger partial charge is 0.212 e. The molecule has 0 atom stereocenters. The first-order valence-corrected chi connectivity index (χ1v) is 8.43. The van der Waals surface area contributed by atoms with Crippen molar-refractivity contribution in [2.75, 3.05) is 5.75 Å². The van der Waals surface area contributed by atoms with Crippen molar-refractivity contribution < 1.29 is 8.42 Å². The van der Waals surface area contributed by atoms with Crippen LogP contribution in [-0.4, -0.2) is 28.9 Å². The molecule has 114 valence electrons. The minimum absolute atomic E-state index is 0.0918. The second-order valence-corrected chi connectivity index (χ2v) is 7.26. The Balaban J connectivity index is 2.18. The van der Waals surface area contributed by atoms with Crippen molar-refractivity contribution in [1.82, 2.24) is 19.5 Å². The van der Waals surface area contributed by atoms with Crippen LogP contribution in [0.1, 0.15) is 19.4 Å². The fourth-order valence-electron chi connectivity index (χ4n) is 2.07. The van der Waals surface area contributed by atoms with E-state index in [1.165, 1.54) is 0 Å². The maximum Gasteiger partial charge on any atom is 0.212 e. The molecule has 0 unspecified atom stereocenters. The minimum atomic E-state index is -3.27. The van der Waals surface area contributed by atoms with E-state index in [4.69, 9.17) is 0 Å². The van der Waals surface area contributed by atoms with Gasteiger partial charge in [-0.15, -0.1) is 0 Å². The standard InChI is InChI=1S/C14H20N4O2S/c1-11(2)10-21(19,20)17-8-12-5-4-6-15-14(12)13-7-16-18(3)9-13/h4-7,9,11,17H,8,10H2,1-3H3. The summed E-state index contributed by atoms with van der Waals surface area (Å²) in [7, 11) is -1.44. The van der Waals surface area contributed by atoms with E-state index in [2.05, 4.69) is 14.8 Å². The molecule has 0 spiro atoms. The summed E-state index contributed by atoms with van der Waals surface area (Å²) < 4.78 is 28.2. The Morgan fingerprint density at radius 3 is 2.76 bits per heavy atom. The number of hydrogen-bond acceptors (Lipinski definition) is 4. The molecule has 0 bridgehead atoms. The summed E-state index contributed by atoms with van der Waals surface area (Å²) in [5, 5.41) is 4.12. The number of hydrogen-bond donors (Lipinski definition) is 1. The molecule has 7 heteroatoms. The van der Waals surface area contributed by atoms with Crippen molar-refractivity contribution in [1.29, 1.82) is 0 Å². The molecular formula is C14H20N4O2S. The SMILES string of the molecule is CC(C)CS(=O)(=O)NCc1cccnc1-c1cnn(C)c1. The van der Waals surface area contributed by atoms with Gasteiger partial charge < -0.3 is 0 Å². The molecule has 0 aliphatic rings. The van der Waals surface area contributed by atoms with Gasteiger partial charge in [-0.25, -0.2) is 13.1 Å². The summed E-state index contributed by atoms with van der Waals surface area (Å²) in [4.78, 5) is 4.34. The summed E-state index contributed by atoms with van der Waals surface area (Å²) in [6, 6.07) is 3.67. The first-order chi connectivity index (χ1) is 9.87. The number of nitrogens with one attached hydrogen (secondary N) is 1. The van der Waals surface area contributed by atoms with E-state index in [1.807, 2.05) is 33.2 Å². The number of pyridine rings is 1. The number of aromatic nitrogens is 3. The van der Waals surface area contributed by atoms with Crippen LogP contribution in [-0.2, 0) is 23.6 Å². The third-order valence-corrected chi connectivity index (χ3v) is 4.59. The second-order valence-electron chi connectivity index (χ2n) is 5.41. The Morgan fingerprint density at radius 2 is 2.14 bits per heavy atom. The van der Waals surface area contributed by atoms with Gasteiger partial charge in [-0.3, -0.25) is 9.67 Å². The average molecular weight is 308 g/mol. The first-order valence-electron chi connectivity index (χ1n) is 6.77. The Bertz CT molecular complexity index is 707. The van der Waals surface area contributed by atoms with Crippen LogP contribution in [0.4, 0.5) is 0 Å². The predicted molar refractivity (Wildman–Crippen MR) is 81.9 cm³/mol. The quantitative estimate of drug-likeness (QED) is 0.878. The molecule has 2 aromatic rings. The molecule has 0 radical (unpaired) electrons. The molecule has 0 saturated carbocycles. The van der Waals surface area contributed by atoms with Crippen molar-refractivity contribution in [3.63, 3.8) is 0 Å². The Labute approximate surface area is 125 Å². The lowest BCUT2D eigenvalue weighted by Crippen LogP contribution is -2.28. The van der Waals surface area contributed by atoms with Gasteiger partial charge >= 0.3 is 0 Å². The highest BCUT2D eigenvalue weighted by molar-refractivity contribution is 7.89.